The van der Waals surface area contributed by atoms with Gasteiger partial charge in [0.05, 0.1) is 13.2 Å². The number of nitrogens with zero attached hydrogens (tertiary/aromatic N) is 1. The third-order valence-corrected chi connectivity index (χ3v) is 3.53. The molecule has 3 amide bonds. The molecule has 0 aromatic heterocycles. The molecule has 0 aliphatic heterocycles. The molecular weight excluding hydrogens is 330 g/mol. The number of rotatable bonds is 13. The number of amides is 3. The van der Waals surface area contributed by atoms with Gasteiger partial charge >= 0.3 is 0 Å². The van der Waals surface area contributed by atoms with Crippen molar-refractivity contribution in [3.8, 4) is 0 Å². The van der Waals surface area contributed by atoms with Crippen molar-refractivity contribution in [3.63, 3.8) is 0 Å². The second-order valence-corrected chi connectivity index (χ2v) is 6.20. The summed E-state index contributed by atoms with van der Waals surface area (Å²) in [7, 11) is 3.04. The van der Waals surface area contributed by atoms with E-state index in [4.69, 9.17) is 14.6 Å². The molecule has 146 valence electrons. The Morgan fingerprint density at radius 1 is 0.960 bits per heavy atom. The molecule has 0 fully saturated rings. The third kappa shape index (κ3) is 10.0. The lowest BCUT2D eigenvalue weighted by atomic mass is 9.88. The van der Waals surface area contributed by atoms with Gasteiger partial charge in [0.1, 0.15) is 13.1 Å². The zero-order valence-corrected chi connectivity index (χ0v) is 15.6. The Hall–Kier alpha value is -1.71. The van der Waals surface area contributed by atoms with Crippen molar-refractivity contribution >= 4 is 17.7 Å². The van der Waals surface area contributed by atoms with Crippen LogP contribution in [0.2, 0.25) is 0 Å². The van der Waals surface area contributed by atoms with Crippen LogP contribution in [0.15, 0.2) is 0 Å². The highest BCUT2D eigenvalue weighted by Gasteiger charge is 2.33. The van der Waals surface area contributed by atoms with Gasteiger partial charge in [0, 0.05) is 39.3 Å². The number of carbonyl (C=O) groups excluding carboxylic acids is 3. The van der Waals surface area contributed by atoms with E-state index < -0.39 is 5.41 Å². The van der Waals surface area contributed by atoms with Crippen LogP contribution in [0.4, 0.5) is 0 Å². The fourth-order valence-corrected chi connectivity index (χ4v) is 2.06. The highest BCUT2D eigenvalue weighted by molar-refractivity contribution is 5.91. The van der Waals surface area contributed by atoms with E-state index in [1.165, 1.54) is 19.1 Å². The lowest BCUT2D eigenvalue weighted by molar-refractivity contribution is -0.146. The van der Waals surface area contributed by atoms with Crippen molar-refractivity contribution < 1.29 is 29.0 Å². The summed E-state index contributed by atoms with van der Waals surface area (Å²) in [5.74, 6) is -1.13. The molecule has 9 heteroatoms. The standard InChI is InChI=1S/C16H31N3O6/c1-16(2,5-8-20)15(23)19(11-13(21)17-6-9-24-3)12-14(22)18-7-10-25-4/h20H,5-12H2,1-4H3,(H,17,21)(H,18,22). The zero-order chi connectivity index (χ0) is 19.3. The van der Waals surface area contributed by atoms with Crippen LogP contribution in [-0.2, 0) is 23.9 Å². The molecule has 0 rings (SSSR count). The van der Waals surface area contributed by atoms with Crippen molar-refractivity contribution in [1.82, 2.24) is 15.5 Å². The summed E-state index contributed by atoms with van der Waals surface area (Å²) in [6.07, 6.45) is 0.235. The van der Waals surface area contributed by atoms with Crippen LogP contribution in [0.1, 0.15) is 20.3 Å². The molecule has 0 aliphatic rings. The predicted molar refractivity (Wildman–Crippen MR) is 91.8 cm³/mol. The van der Waals surface area contributed by atoms with E-state index in [-0.39, 0.29) is 43.8 Å². The van der Waals surface area contributed by atoms with E-state index in [0.717, 1.165) is 0 Å². The number of carbonyl (C=O) groups is 3. The molecule has 0 atom stereocenters. The maximum atomic E-state index is 12.7. The Kier molecular flexibility index (Phi) is 11.8. The lowest BCUT2D eigenvalue weighted by Gasteiger charge is -2.31. The zero-order valence-electron chi connectivity index (χ0n) is 15.6. The summed E-state index contributed by atoms with van der Waals surface area (Å²) < 4.78 is 9.70. The Bertz CT molecular complexity index is 404. The molecule has 3 N–H and O–H groups in total. The van der Waals surface area contributed by atoms with Crippen LogP contribution in [0.5, 0.6) is 0 Å². The Morgan fingerprint density at radius 3 is 1.76 bits per heavy atom. The van der Waals surface area contributed by atoms with Crippen molar-refractivity contribution in [2.24, 2.45) is 5.41 Å². The normalized spacial score (nSPS) is 11.1. The molecule has 0 unspecified atom stereocenters. The number of aliphatic hydroxyl groups is 1. The number of methoxy groups -OCH3 is 2. The highest BCUT2D eigenvalue weighted by atomic mass is 16.5. The maximum Gasteiger partial charge on any atom is 0.239 e. The van der Waals surface area contributed by atoms with Crippen LogP contribution in [0.3, 0.4) is 0 Å². The van der Waals surface area contributed by atoms with Gasteiger partial charge in [-0.25, -0.2) is 0 Å². The van der Waals surface area contributed by atoms with Crippen LogP contribution in [0, 0.1) is 5.41 Å². The van der Waals surface area contributed by atoms with Gasteiger partial charge in [0.15, 0.2) is 0 Å². The number of hydrogen-bond acceptors (Lipinski definition) is 6. The van der Waals surface area contributed by atoms with Gasteiger partial charge < -0.3 is 30.1 Å². The van der Waals surface area contributed by atoms with Gasteiger partial charge in [-0.05, 0) is 6.42 Å². The van der Waals surface area contributed by atoms with Crippen molar-refractivity contribution in [1.29, 1.82) is 0 Å². The summed E-state index contributed by atoms with van der Waals surface area (Å²) in [6, 6.07) is 0. The van der Waals surface area contributed by atoms with Crippen LogP contribution in [-0.4, -0.2) is 87.9 Å². The maximum absolute atomic E-state index is 12.7. The molecule has 0 heterocycles. The second-order valence-electron chi connectivity index (χ2n) is 6.20. The molecule has 0 saturated carbocycles. The smallest absolute Gasteiger partial charge is 0.239 e. The average Bonchev–Trinajstić information content (AvgIpc) is 2.54. The summed E-state index contributed by atoms with van der Waals surface area (Å²) in [5.41, 5.74) is -0.881. The number of nitrogens with one attached hydrogen (secondary N) is 2. The topological polar surface area (TPSA) is 117 Å². The first-order chi connectivity index (χ1) is 11.8. The molecular formula is C16H31N3O6. The van der Waals surface area contributed by atoms with Gasteiger partial charge in [-0.15, -0.1) is 0 Å². The second kappa shape index (κ2) is 12.6. The van der Waals surface area contributed by atoms with E-state index in [9.17, 15) is 14.4 Å². The predicted octanol–water partition coefficient (Wildman–Crippen LogP) is -1.25. The van der Waals surface area contributed by atoms with Crippen LogP contribution in [0.25, 0.3) is 0 Å². The molecule has 0 saturated heterocycles. The number of hydrogen-bond donors (Lipinski definition) is 3. The minimum absolute atomic E-state index is 0.160. The molecule has 0 aliphatic carbocycles. The van der Waals surface area contributed by atoms with E-state index in [1.807, 2.05) is 0 Å². The fraction of sp³-hybridized carbons (Fsp3) is 0.812. The van der Waals surface area contributed by atoms with Gasteiger partial charge in [-0.3, -0.25) is 14.4 Å². The van der Waals surface area contributed by atoms with E-state index >= 15 is 0 Å². The van der Waals surface area contributed by atoms with E-state index in [0.29, 0.717) is 26.3 Å². The summed E-state index contributed by atoms with van der Waals surface area (Å²) in [4.78, 5) is 37.9. The van der Waals surface area contributed by atoms with E-state index in [1.54, 1.807) is 13.8 Å². The first-order valence-corrected chi connectivity index (χ1v) is 8.20. The first kappa shape index (κ1) is 23.3. The minimum atomic E-state index is -0.881. The van der Waals surface area contributed by atoms with Gasteiger partial charge in [0.25, 0.3) is 0 Å². The van der Waals surface area contributed by atoms with Crippen molar-refractivity contribution in [2.45, 2.75) is 20.3 Å². The molecule has 0 bridgehead atoms. The summed E-state index contributed by atoms with van der Waals surface area (Å²) in [5, 5.41) is 14.4. The van der Waals surface area contributed by atoms with Gasteiger partial charge in [-0.2, -0.15) is 0 Å². The van der Waals surface area contributed by atoms with Gasteiger partial charge in [0.2, 0.25) is 17.7 Å². The third-order valence-electron chi connectivity index (χ3n) is 3.53. The Labute approximate surface area is 149 Å². The average molecular weight is 361 g/mol. The lowest BCUT2D eigenvalue weighted by Crippen LogP contribution is -2.50. The van der Waals surface area contributed by atoms with Gasteiger partial charge in [-0.1, -0.05) is 13.8 Å². The summed E-state index contributed by atoms with van der Waals surface area (Å²) in [6.45, 7) is 4.04. The Morgan fingerprint density at radius 2 is 1.40 bits per heavy atom. The molecule has 0 aromatic rings. The fourth-order valence-electron chi connectivity index (χ4n) is 2.06. The summed E-state index contributed by atoms with van der Waals surface area (Å²) >= 11 is 0. The van der Waals surface area contributed by atoms with Crippen LogP contribution < -0.4 is 10.6 Å². The molecule has 0 aromatic carbocycles. The number of ether oxygens (including phenoxy) is 2. The SMILES string of the molecule is COCCNC(=O)CN(CC(=O)NCCOC)C(=O)C(C)(C)CCO. The molecule has 0 radical (unpaired) electrons. The molecule has 0 spiro atoms. The van der Waals surface area contributed by atoms with Crippen molar-refractivity contribution in [3.05, 3.63) is 0 Å². The van der Waals surface area contributed by atoms with Crippen LogP contribution >= 0.6 is 0 Å². The highest BCUT2D eigenvalue weighted by Crippen LogP contribution is 2.23. The minimum Gasteiger partial charge on any atom is -0.396 e. The molecule has 25 heavy (non-hydrogen) atoms. The van der Waals surface area contributed by atoms with Crippen molar-refractivity contribution in [2.75, 3.05) is 60.2 Å². The quantitative estimate of drug-likeness (QED) is 0.353. The number of aliphatic hydroxyl groups excluding tert-OH is 1. The first-order valence-electron chi connectivity index (χ1n) is 8.20. The van der Waals surface area contributed by atoms with E-state index in [2.05, 4.69) is 10.6 Å². The monoisotopic (exact) mass is 361 g/mol. The Balaban J connectivity index is 4.88. The largest absolute Gasteiger partial charge is 0.396 e. The molecule has 9 nitrogen and oxygen atoms in total.